The van der Waals surface area contributed by atoms with Crippen molar-refractivity contribution in [1.29, 1.82) is 0 Å². The molecule has 0 aliphatic heterocycles. The Morgan fingerprint density at radius 1 is 1.03 bits per heavy atom. The number of hydrogen-bond acceptors (Lipinski definition) is 8. The normalized spacial score (nSPS) is 11.5. The van der Waals surface area contributed by atoms with Crippen LogP contribution in [0.4, 0.5) is 5.95 Å². The maximum Gasteiger partial charge on any atom is 0.202 e. The zero-order valence-corrected chi connectivity index (χ0v) is 20.1. The van der Waals surface area contributed by atoms with Crippen LogP contribution < -0.4 is 31.0 Å². The van der Waals surface area contributed by atoms with E-state index in [1.807, 2.05) is 66.3 Å². The number of fused-ring (bicyclic) bond motifs is 1. The number of ether oxygens (including phenoxy) is 3. The summed E-state index contributed by atoms with van der Waals surface area (Å²) >= 11 is 0. The van der Waals surface area contributed by atoms with E-state index in [1.54, 1.807) is 20.4 Å². The third-order valence-electron chi connectivity index (χ3n) is 5.65. The summed E-state index contributed by atoms with van der Waals surface area (Å²) in [6.07, 6.45) is 3.64. The molecular formula is C26H30N6O3. The van der Waals surface area contributed by atoms with E-state index >= 15 is 0 Å². The van der Waals surface area contributed by atoms with Gasteiger partial charge in [0.2, 0.25) is 5.95 Å². The summed E-state index contributed by atoms with van der Waals surface area (Å²) in [6.45, 7) is 1.29. The topological polar surface area (TPSA) is 122 Å². The number of pyridine rings is 1. The van der Waals surface area contributed by atoms with Gasteiger partial charge in [0, 0.05) is 31.6 Å². The first-order valence-electron chi connectivity index (χ1n) is 11.2. The van der Waals surface area contributed by atoms with Crippen molar-refractivity contribution < 1.29 is 14.2 Å². The first-order valence-corrected chi connectivity index (χ1v) is 11.2. The van der Waals surface area contributed by atoms with E-state index in [4.69, 9.17) is 25.7 Å². The highest BCUT2D eigenvalue weighted by Crippen LogP contribution is 2.30. The van der Waals surface area contributed by atoms with Crippen LogP contribution in [0.1, 0.15) is 16.7 Å². The summed E-state index contributed by atoms with van der Waals surface area (Å²) in [4.78, 5) is 9.12. The number of rotatable bonds is 10. The van der Waals surface area contributed by atoms with Crippen molar-refractivity contribution in [2.75, 3.05) is 33.5 Å². The molecule has 0 saturated heterocycles. The maximum absolute atomic E-state index is 6.25. The SMILES string of the molecule is CN/C=C(\CN)c1cnc2c(c1)nc(N)n2Cc1ccc(OCc2ccc(OC)cc2)c(OC)c1. The predicted molar refractivity (Wildman–Crippen MR) is 137 cm³/mol. The number of hydrogen-bond donors (Lipinski definition) is 3. The van der Waals surface area contributed by atoms with Crippen molar-refractivity contribution in [2.45, 2.75) is 13.2 Å². The molecule has 5 N–H and O–H groups in total. The Balaban J connectivity index is 1.54. The summed E-state index contributed by atoms with van der Waals surface area (Å²) in [5, 5.41) is 3.01. The number of nitrogens with zero attached hydrogens (tertiary/aromatic N) is 3. The maximum atomic E-state index is 6.25. The lowest BCUT2D eigenvalue weighted by atomic mass is 10.1. The molecule has 2 aromatic heterocycles. The summed E-state index contributed by atoms with van der Waals surface area (Å²) in [6, 6.07) is 15.5. The van der Waals surface area contributed by atoms with Gasteiger partial charge in [-0.25, -0.2) is 9.97 Å². The Morgan fingerprint density at radius 2 is 1.80 bits per heavy atom. The van der Waals surface area contributed by atoms with Crippen molar-refractivity contribution in [3.05, 3.63) is 77.6 Å². The van der Waals surface area contributed by atoms with Crippen LogP contribution in [0.25, 0.3) is 16.7 Å². The number of anilines is 1. The molecule has 0 radical (unpaired) electrons. The Morgan fingerprint density at radius 3 is 2.49 bits per heavy atom. The minimum atomic E-state index is 0.385. The average molecular weight is 475 g/mol. The van der Waals surface area contributed by atoms with Crippen molar-refractivity contribution in [3.8, 4) is 17.2 Å². The molecule has 0 aliphatic rings. The van der Waals surface area contributed by atoms with Crippen LogP contribution in [-0.2, 0) is 13.2 Å². The molecule has 4 rings (SSSR count). The lowest BCUT2D eigenvalue weighted by Crippen LogP contribution is -2.07. The molecule has 0 fully saturated rings. The average Bonchev–Trinajstić information content (AvgIpc) is 3.20. The van der Waals surface area contributed by atoms with E-state index in [2.05, 4.69) is 15.3 Å². The summed E-state index contributed by atoms with van der Waals surface area (Å²) in [7, 11) is 5.10. The molecule has 2 aromatic carbocycles. The fraction of sp³-hybridized carbons (Fsp3) is 0.231. The molecule has 0 unspecified atom stereocenters. The van der Waals surface area contributed by atoms with Gasteiger partial charge in [0.15, 0.2) is 17.1 Å². The van der Waals surface area contributed by atoms with Gasteiger partial charge in [-0.05, 0) is 47.0 Å². The minimum Gasteiger partial charge on any atom is -0.497 e. The molecule has 2 heterocycles. The largest absolute Gasteiger partial charge is 0.497 e. The Kier molecular flexibility index (Phi) is 7.37. The van der Waals surface area contributed by atoms with Crippen LogP contribution >= 0.6 is 0 Å². The van der Waals surface area contributed by atoms with Crippen LogP contribution in [0.5, 0.6) is 17.2 Å². The number of nitrogens with one attached hydrogen (secondary N) is 1. The molecule has 0 spiro atoms. The number of nitrogens with two attached hydrogens (primary N) is 2. The molecule has 0 saturated carbocycles. The highest BCUT2D eigenvalue weighted by atomic mass is 16.5. The first kappa shape index (κ1) is 23.9. The fourth-order valence-electron chi connectivity index (χ4n) is 3.79. The number of benzene rings is 2. The molecule has 9 nitrogen and oxygen atoms in total. The minimum absolute atomic E-state index is 0.385. The summed E-state index contributed by atoms with van der Waals surface area (Å²) in [5.74, 6) is 2.49. The van der Waals surface area contributed by atoms with Crippen molar-refractivity contribution in [2.24, 2.45) is 5.73 Å². The zero-order valence-electron chi connectivity index (χ0n) is 20.1. The van der Waals surface area contributed by atoms with Crippen LogP contribution in [0, 0.1) is 0 Å². The molecule has 0 amide bonds. The highest BCUT2D eigenvalue weighted by molar-refractivity contribution is 5.79. The lowest BCUT2D eigenvalue weighted by Gasteiger charge is -2.13. The second kappa shape index (κ2) is 10.8. The fourth-order valence-corrected chi connectivity index (χ4v) is 3.79. The van der Waals surface area contributed by atoms with Crippen molar-refractivity contribution >= 4 is 22.7 Å². The van der Waals surface area contributed by atoms with E-state index in [1.165, 1.54) is 0 Å². The van der Waals surface area contributed by atoms with E-state index in [0.717, 1.165) is 28.0 Å². The van der Waals surface area contributed by atoms with Gasteiger partial charge in [0.1, 0.15) is 17.9 Å². The Labute approximate surface area is 204 Å². The van der Waals surface area contributed by atoms with Gasteiger partial charge in [-0.3, -0.25) is 4.57 Å². The monoisotopic (exact) mass is 474 g/mol. The van der Waals surface area contributed by atoms with E-state index in [-0.39, 0.29) is 0 Å². The quantitative estimate of drug-likeness (QED) is 0.320. The standard InChI is InChI=1S/C26H30N6O3/c1-29-13-20(12-27)19-11-22-25(30-14-19)32(26(28)31-22)15-18-6-9-23(24(10-18)34-3)35-16-17-4-7-21(33-2)8-5-17/h4-11,13-14,29H,12,15-16,27H2,1-3H3,(H2,28,31)/b20-13+. The van der Waals surface area contributed by atoms with E-state index in [0.29, 0.717) is 48.3 Å². The molecular weight excluding hydrogens is 444 g/mol. The van der Waals surface area contributed by atoms with Crippen LogP contribution in [0.2, 0.25) is 0 Å². The van der Waals surface area contributed by atoms with Crippen LogP contribution in [-0.4, -0.2) is 42.3 Å². The second-order valence-corrected chi connectivity index (χ2v) is 7.91. The highest BCUT2D eigenvalue weighted by Gasteiger charge is 2.14. The first-order chi connectivity index (χ1) is 17.1. The number of imidazole rings is 1. The second-order valence-electron chi connectivity index (χ2n) is 7.91. The molecule has 0 bridgehead atoms. The van der Waals surface area contributed by atoms with Gasteiger partial charge in [-0.15, -0.1) is 0 Å². The summed E-state index contributed by atoms with van der Waals surface area (Å²) in [5.41, 5.74) is 17.4. The molecule has 182 valence electrons. The van der Waals surface area contributed by atoms with Gasteiger partial charge in [-0.1, -0.05) is 18.2 Å². The van der Waals surface area contributed by atoms with E-state index in [9.17, 15) is 0 Å². The predicted octanol–water partition coefficient (Wildman–Crippen LogP) is 3.18. The molecule has 9 heteroatoms. The third kappa shape index (κ3) is 5.30. The Hall–Kier alpha value is -4.24. The Bertz CT molecular complexity index is 1330. The number of aromatic nitrogens is 3. The zero-order chi connectivity index (χ0) is 24.8. The van der Waals surface area contributed by atoms with Gasteiger partial charge < -0.3 is 31.0 Å². The van der Waals surface area contributed by atoms with Gasteiger partial charge in [0.05, 0.1) is 20.8 Å². The smallest absolute Gasteiger partial charge is 0.202 e. The van der Waals surface area contributed by atoms with Gasteiger partial charge in [-0.2, -0.15) is 0 Å². The summed E-state index contributed by atoms with van der Waals surface area (Å²) < 4.78 is 18.7. The van der Waals surface area contributed by atoms with Gasteiger partial charge >= 0.3 is 0 Å². The number of nitrogen functional groups attached to an aromatic ring is 1. The van der Waals surface area contributed by atoms with Crippen molar-refractivity contribution in [3.63, 3.8) is 0 Å². The molecule has 0 aliphatic carbocycles. The van der Waals surface area contributed by atoms with Crippen LogP contribution in [0.15, 0.2) is 60.9 Å². The molecule has 0 atom stereocenters. The van der Waals surface area contributed by atoms with Crippen molar-refractivity contribution in [1.82, 2.24) is 19.9 Å². The van der Waals surface area contributed by atoms with E-state index < -0.39 is 0 Å². The number of methoxy groups -OCH3 is 2. The molecule has 35 heavy (non-hydrogen) atoms. The van der Waals surface area contributed by atoms with Gasteiger partial charge in [0.25, 0.3) is 0 Å². The van der Waals surface area contributed by atoms with Crippen LogP contribution in [0.3, 0.4) is 0 Å². The lowest BCUT2D eigenvalue weighted by molar-refractivity contribution is 0.284. The molecule has 4 aromatic rings. The third-order valence-corrected chi connectivity index (χ3v) is 5.65.